The van der Waals surface area contributed by atoms with Gasteiger partial charge >= 0.3 is 0 Å². The Balaban J connectivity index is 1.52. The first-order chi connectivity index (χ1) is 11.7. The third-order valence-corrected chi connectivity index (χ3v) is 5.86. The van der Waals surface area contributed by atoms with Gasteiger partial charge in [-0.3, -0.25) is 4.90 Å². The van der Waals surface area contributed by atoms with E-state index < -0.39 is 0 Å². The molecule has 6 nitrogen and oxygen atoms in total. The molecule has 128 valence electrons. The maximum Gasteiger partial charge on any atom is 0.225 e. The highest BCUT2D eigenvalue weighted by molar-refractivity contribution is 7.05. The minimum absolute atomic E-state index is 0.442. The topological polar surface area (TPSA) is 58.0 Å². The van der Waals surface area contributed by atoms with Crippen LogP contribution in [0.1, 0.15) is 43.2 Å². The molecule has 5 heterocycles. The Bertz CT molecular complexity index is 673. The molecule has 0 spiro atoms. The van der Waals surface area contributed by atoms with Crippen molar-refractivity contribution in [3.63, 3.8) is 0 Å². The number of hydrogen-bond acceptors (Lipinski definition) is 7. The lowest BCUT2D eigenvalue weighted by Gasteiger charge is -2.35. The van der Waals surface area contributed by atoms with Gasteiger partial charge in [-0.2, -0.15) is 0 Å². The zero-order chi connectivity index (χ0) is 16.5. The fourth-order valence-electron chi connectivity index (χ4n) is 3.94. The van der Waals surface area contributed by atoms with Gasteiger partial charge in [0.15, 0.2) is 0 Å². The molecule has 3 fully saturated rings. The molecule has 0 aromatic carbocycles. The quantitative estimate of drug-likeness (QED) is 0.849. The molecule has 0 N–H and O–H groups in total. The molecular weight excluding hydrogens is 320 g/mol. The van der Waals surface area contributed by atoms with Crippen molar-refractivity contribution in [2.24, 2.45) is 5.92 Å². The first-order valence-corrected chi connectivity index (χ1v) is 9.55. The van der Waals surface area contributed by atoms with Gasteiger partial charge in [-0.25, -0.2) is 9.97 Å². The van der Waals surface area contributed by atoms with Crippen LogP contribution >= 0.6 is 11.5 Å². The molecule has 0 aliphatic carbocycles. The Morgan fingerprint density at radius 3 is 2.79 bits per heavy atom. The minimum Gasteiger partial charge on any atom is -0.339 e. The van der Waals surface area contributed by atoms with Gasteiger partial charge in [0.05, 0.1) is 10.6 Å². The second-order valence-electron chi connectivity index (χ2n) is 7.22. The number of piperidine rings is 1. The largest absolute Gasteiger partial charge is 0.339 e. The standard InChI is InChI=1S/C17H24N6S/c1-12(2)16-15(24-21-20-16)11-22-8-13-4-5-14(22)10-23(9-13)17-18-6-3-7-19-17/h3,6-7,12-14H,4-5,8-11H2,1-2H3/t13-,14-/m0/s1. The normalized spacial score (nSPS) is 24.5. The van der Waals surface area contributed by atoms with Crippen LogP contribution in [0.15, 0.2) is 18.5 Å². The van der Waals surface area contributed by atoms with Crippen LogP contribution in [0.4, 0.5) is 5.95 Å². The molecule has 5 rings (SSSR count). The van der Waals surface area contributed by atoms with Gasteiger partial charge in [0.1, 0.15) is 0 Å². The summed E-state index contributed by atoms with van der Waals surface area (Å²) in [6, 6.07) is 2.45. The van der Waals surface area contributed by atoms with Crippen LogP contribution in [0.25, 0.3) is 0 Å². The summed E-state index contributed by atoms with van der Waals surface area (Å²) < 4.78 is 4.19. The van der Waals surface area contributed by atoms with E-state index in [4.69, 9.17) is 0 Å². The zero-order valence-corrected chi connectivity index (χ0v) is 15.1. The van der Waals surface area contributed by atoms with Gasteiger partial charge in [0, 0.05) is 44.6 Å². The summed E-state index contributed by atoms with van der Waals surface area (Å²) in [5, 5.41) is 4.34. The second-order valence-corrected chi connectivity index (χ2v) is 8.06. The summed E-state index contributed by atoms with van der Waals surface area (Å²) in [5.74, 6) is 2.01. The van der Waals surface area contributed by atoms with Crippen molar-refractivity contribution in [2.75, 3.05) is 24.5 Å². The van der Waals surface area contributed by atoms with Gasteiger partial charge < -0.3 is 4.90 Å². The van der Waals surface area contributed by atoms with Crippen LogP contribution in [-0.2, 0) is 6.54 Å². The number of fused-ring (bicyclic) bond motifs is 4. The number of rotatable bonds is 4. The monoisotopic (exact) mass is 344 g/mol. The molecule has 7 heteroatoms. The SMILES string of the molecule is CC(C)c1nnsc1CN1C[C@@H]2CC[C@H]1CN(c1ncccn1)C2. The van der Waals surface area contributed by atoms with E-state index in [0.717, 1.165) is 32.1 Å². The van der Waals surface area contributed by atoms with Crippen LogP contribution in [-0.4, -0.2) is 50.1 Å². The second kappa shape index (κ2) is 6.72. The molecule has 0 unspecified atom stereocenters. The third-order valence-electron chi connectivity index (χ3n) is 5.14. The average Bonchev–Trinajstić information content (AvgIpc) is 2.87. The lowest BCUT2D eigenvalue weighted by atomic mass is 9.95. The van der Waals surface area contributed by atoms with E-state index >= 15 is 0 Å². The van der Waals surface area contributed by atoms with E-state index in [-0.39, 0.29) is 0 Å². The first kappa shape index (κ1) is 15.9. The van der Waals surface area contributed by atoms with Gasteiger partial charge in [-0.15, -0.1) is 5.10 Å². The fraction of sp³-hybridized carbons (Fsp3) is 0.647. The van der Waals surface area contributed by atoms with Crippen LogP contribution in [0.5, 0.6) is 0 Å². The molecule has 3 aliphatic rings. The Hall–Kier alpha value is -1.60. The summed E-state index contributed by atoms with van der Waals surface area (Å²) in [6.45, 7) is 8.62. The van der Waals surface area contributed by atoms with Crippen LogP contribution < -0.4 is 4.90 Å². The lowest BCUT2D eigenvalue weighted by molar-refractivity contribution is 0.127. The molecule has 0 radical (unpaired) electrons. The van der Waals surface area contributed by atoms with E-state index in [9.17, 15) is 0 Å². The predicted octanol–water partition coefficient (Wildman–Crippen LogP) is 2.55. The predicted molar refractivity (Wildman–Crippen MR) is 95.2 cm³/mol. The van der Waals surface area contributed by atoms with E-state index in [1.807, 2.05) is 18.5 Å². The Kier molecular flexibility index (Phi) is 4.45. The number of aromatic nitrogens is 4. The van der Waals surface area contributed by atoms with Crippen LogP contribution in [0.3, 0.4) is 0 Å². The highest BCUT2D eigenvalue weighted by atomic mass is 32.1. The van der Waals surface area contributed by atoms with Crippen molar-refractivity contribution < 1.29 is 0 Å². The van der Waals surface area contributed by atoms with E-state index in [1.165, 1.54) is 23.4 Å². The van der Waals surface area contributed by atoms with Crippen molar-refractivity contribution in [2.45, 2.75) is 45.2 Å². The fourth-order valence-corrected chi connectivity index (χ4v) is 4.76. The van der Waals surface area contributed by atoms with E-state index in [0.29, 0.717) is 17.9 Å². The molecule has 2 aromatic rings. The van der Waals surface area contributed by atoms with Crippen LogP contribution in [0.2, 0.25) is 0 Å². The molecule has 24 heavy (non-hydrogen) atoms. The Morgan fingerprint density at radius 1 is 1.17 bits per heavy atom. The average molecular weight is 344 g/mol. The van der Waals surface area contributed by atoms with Crippen molar-refractivity contribution in [3.05, 3.63) is 29.0 Å². The third kappa shape index (κ3) is 3.15. The van der Waals surface area contributed by atoms with E-state index in [2.05, 4.69) is 43.2 Å². The van der Waals surface area contributed by atoms with Crippen molar-refractivity contribution >= 4 is 17.5 Å². The van der Waals surface area contributed by atoms with E-state index in [1.54, 1.807) is 11.5 Å². The highest BCUT2D eigenvalue weighted by Gasteiger charge is 2.36. The van der Waals surface area contributed by atoms with Crippen molar-refractivity contribution in [1.82, 2.24) is 24.5 Å². The lowest BCUT2D eigenvalue weighted by Crippen LogP contribution is -2.43. The van der Waals surface area contributed by atoms with Gasteiger partial charge in [-0.1, -0.05) is 18.3 Å². The number of hydrogen-bond donors (Lipinski definition) is 0. The smallest absolute Gasteiger partial charge is 0.225 e. The summed E-state index contributed by atoms with van der Waals surface area (Å²) >= 11 is 1.56. The highest BCUT2D eigenvalue weighted by Crippen LogP contribution is 2.32. The number of nitrogens with zero attached hydrogens (tertiary/aromatic N) is 6. The Morgan fingerprint density at radius 2 is 2.00 bits per heavy atom. The molecule has 0 saturated carbocycles. The van der Waals surface area contributed by atoms with Crippen molar-refractivity contribution in [3.8, 4) is 0 Å². The van der Waals surface area contributed by atoms with Gasteiger partial charge in [0.2, 0.25) is 5.95 Å². The number of anilines is 1. The molecule has 2 atom stereocenters. The Labute approximate surface area is 147 Å². The first-order valence-electron chi connectivity index (χ1n) is 8.78. The van der Waals surface area contributed by atoms with Crippen LogP contribution in [0, 0.1) is 5.92 Å². The van der Waals surface area contributed by atoms with Crippen molar-refractivity contribution in [1.29, 1.82) is 0 Å². The summed E-state index contributed by atoms with van der Waals surface area (Å²) in [6.07, 6.45) is 6.25. The summed E-state index contributed by atoms with van der Waals surface area (Å²) in [7, 11) is 0. The molecular formula is C17H24N6S. The minimum atomic E-state index is 0.442. The molecule has 3 aliphatic heterocycles. The molecule has 0 amide bonds. The van der Waals surface area contributed by atoms with Gasteiger partial charge in [-0.05, 0) is 42.3 Å². The zero-order valence-electron chi connectivity index (χ0n) is 14.3. The maximum absolute atomic E-state index is 4.46. The van der Waals surface area contributed by atoms with Gasteiger partial charge in [0.25, 0.3) is 0 Å². The molecule has 2 bridgehead atoms. The molecule has 3 saturated heterocycles. The maximum atomic E-state index is 4.46. The summed E-state index contributed by atoms with van der Waals surface area (Å²) in [5.41, 5.74) is 1.17. The summed E-state index contributed by atoms with van der Waals surface area (Å²) in [4.78, 5) is 15.3. The molecule has 2 aromatic heterocycles.